The van der Waals surface area contributed by atoms with E-state index in [0.29, 0.717) is 18.6 Å². The summed E-state index contributed by atoms with van der Waals surface area (Å²) < 4.78 is 0. The van der Waals surface area contributed by atoms with Gasteiger partial charge < -0.3 is 10.4 Å². The maximum Gasteiger partial charge on any atom is 0.0555 e. The van der Waals surface area contributed by atoms with Crippen LogP contribution < -0.4 is 5.32 Å². The molecule has 0 amide bonds. The van der Waals surface area contributed by atoms with Gasteiger partial charge in [-0.05, 0) is 23.6 Å². The zero-order chi connectivity index (χ0) is 15.2. The molecule has 0 radical (unpaired) electrons. The van der Waals surface area contributed by atoms with Gasteiger partial charge in [-0.25, -0.2) is 0 Å². The quantitative estimate of drug-likeness (QED) is 0.767. The molecular formula is C18H23N3O. The van der Waals surface area contributed by atoms with Crippen molar-refractivity contribution in [3.05, 3.63) is 66.0 Å². The second kappa shape index (κ2) is 7.49. The van der Waals surface area contributed by atoms with E-state index < -0.39 is 0 Å². The van der Waals surface area contributed by atoms with E-state index in [1.165, 1.54) is 11.1 Å². The van der Waals surface area contributed by atoms with Crippen molar-refractivity contribution in [2.75, 3.05) is 19.7 Å². The Morgan fingerprint density at radius 3 is 2.77 bits per heavy atom. The lowest BCUT2D eigenvalue weighted by atomic mass is 9.87. The fourth-order valence-electron chi connectivity index (χ4n) is 3.13. The highest BCUT2D eigenvalue weighted by Crippen LogP contribution is 2.39. The number of likely N-dealkylation sites (tertiary alicyclic amines) is 1. The van der Waals surface area contributed by atoms with E-state index in [-0.39, 0.29) is 6.61 Å². The molecule has 1 aromatic carbocycles. The summed E-state index contributed by atoms with van der Waals surface area (Å²) in [5, 5.41) is 12.2. The molecule has 2 atom stereocenters. The number of aliphatic hydroxyl groups excluding tert-OH is 1. The van der Waals surface area contributed by atoms with Crippen molar-refractivity contribution < 1.29 is 5.11 Å². The van der Waals surface area contributed by atoms with E-state index in [2.05, 4.69) is 51.6 Å². The first kappa shape index (κ1) is 15.2. The predicted molar refractivity (Wildman–Crippen MR) is 87.3 cm³/mol. The summed E-state index contributed by atoms with van der Waals surface area (Å²) in [6.07, 6.45) is 4.93. The van der Waals surface area contributed by atoms with Crippen molar-refractivity contribution in [2.45, 2.75) is 25.0 Å². The van der Waals surface area contributed by atoms with Gasteiger partial charge in [0, 0.05) is 44.1 Å². The molecule has 1 fully saturated rings. The lowest BCUT2D eigenvalue weighted by molar-refractivity contribution is 0.00520. The van der Waals surface area contributed by atoms with Gasteiger partial charge in [0.1, 0.15) is 0 Å². The first-order valence-corrected chi connectivity index (χ1v) is 7.89. The highest BCUT2D eigenvalue weighted by atomic mass is 16.3. The Morgan fingerprint density at radius 2 is 2.05 bits per heavy atom. The Labute approximate surface area is 131 Å². The molecule has 4 nitrogen and oxygen atoms in total. The zero-order valence-electron chi connectivity index (χ0n) is 12.7. The molecular weight excluding hydrogens is 274 g/mol. The van der Waals surface area contributed by atoms with Crippen molar-refractivity contribution in [2.24, 2.45) is 0 Å². The SMILES string of the molecule is OCCNC[C@@H]1C[C@H](c2cccnc2)N1Cc1ccccc1. The van der Waals surface area contributed by atoms with Crippen molar-refractivity contribution in [3.63, 3.8) is 0 Å². The maximum atomic E-state index is 8.92. The molecule has 0 spiro atoms. The smallest absolute Gasteiger partial charge is 0.0555 e. The summed E-state index contributed by atoms with van der Waals surface area (Å²) in [6, 6.07) is 15.7. The Balaban J connectivity index is 1.69. The molecule has 22 heavy (non-hydrogen) atoms. The summed E-state index contributed by atoms with van der Waals surface area (Å²) in [7, 11) is 0. The van der Waals surface area contributed by atoms with Crippen LogP contribution in [0.1, 0.15) is 23.6 Å². The average Bonchev–Trinajstić information content (AvgIpc) is 2.57. The van der Waals surface area contributed by atoms with E-state index in [0.717, 1.165) is 19.5 Å². The Bertz CT molecular complexity index is 561. The van der Waals surface area contributed by atoms with Crippen molar-refractivity contribution in [1.29, 1.82) is 0 Å². The Hall–Kier alpha value is -1.75. The van der Waals surface area contributed by atoms with Crippen LogP contribution in [-0.4, -0.2) is 40.7 Å². The van der Waals surface area contributed by atoms with Gasteiger partial charge in [-0.1, -0.05) is 36.4 Å². The average molecular weight is 297 g/mol. The molecule has 1 saturated heterocycles. The topological polar surface area (TPSA) is 48.4 Å². The standard InChI is InChI=1S/C18H23N3O/c22-10-9-20-13-17-11-18(16-7-4-8-19-12-16)21(17)14-15-5-2-1-3-6-15/h1-8,12,17-18,20,22H,9-11,13-14H2/t17-,18+/m0/s1. The number of benzene rings is 1. The minimum Gasteiger partial charge on any atom is -0.395 e. The number of nitrogens with zero attached hydrogens (tertiary/aromatic N) is 2. The first-order valence-electron chi connectivity index (χ1n) is 7.89. The van der Waals surface area contributed by atoms with Crippen LogP contribution in [0.5, 0.6) is 0 Å². The number of pyridine rings is 1. The summed E-state index contributed by atoms with van der Waals surface area (Å²) in [6.45, 7) is 2.72. The molecule has 2 N–H and O–H groups in total. The van der Waals surface area contributed by atoms with Gasteiger partial charge in [0.05, 0.1) is 6.61 Å². The lowest BCUT2D eigenvalue weighted by Crippen LogP contribution is -2.54. The fraction of sp³-hybridized carbons (Fsp3) is 0.389. The number of nitrogens with one attached hydrogen (secondary N) is 1. The number of hydrogen-bond acceptors (Lipinski definition) is 4. The van der Waals surface area contributed by atoms with E-state index in [4.69, 9.17) is 5.11 Å². The normalized spacial score (nSPS) is 21.5. The van der Waals surface area contributed by atoms with Gasteiger partial charge in [0.15, 0.2) is 0 Å². The molecule has 0 aliphatic carbocycles. The molecule has 1 aromatic heterocycles. The fourth-order valence-corrected chi connectivity index (χ4v) is 3.13. The van der Waals surface area contributed by atoms with E-state index in [1.807, 2.05) is 18.5 Å². The van der Waals surface area contributed by atoms with Crippen LogP contribution in [0, 0.1) is 0 Å². The van der Waals surface area contributed by atoms with Crippen molar-refractivity contribution in [3.8, 4) is 0 Å². The third-order valence-corrected chi connectivity index (χ3v) is 4.31. The highest BCUT2D eigenvalue weighted by molar-refractivity contribution is 5.21. The third kappa shape index (κ3) is 3.53. The second-order valence-electron chi connectivity index (χ2n) is 5.78. The van der Waals surface area contributed by atoms with Crippen LogP contribution >= 0.6 is 0 Å². The maximum absolute atomic E-state index is 8.92. The molecule has 2 aromatic rings. The minimum atomic E-state index is 0.192. The van der Waals surface area contributed by atoms with Crippen LogP contribution in [0.15, 0.2) is 54.9 Å². The van der Waals surface area contributed by atoms with E-state index >= 15 is 0 Å². The molecule has 0 bridgehead atoms. The van der Waals surface area contributed by atoms with Crippen LogP contribution in [0.3, 0.4) is 0 Å². The van der Waals surface area contributed by atoms with Gasteiger partial charge in [-0.3, -0.25) is 9.88 Å². The predicted octanol–water partition coefficient (Wildman–Crippen LogP) is 1.98. The van der Waals surface area contributed by atoms with E-state index in [1.54, 1.807) is 0 Å². The minimum absolute atomic E-state index is 0.192. The van der Waals surface area contributed by atoms with Gasteiger partial charge in [-0.15, -0.1) is 0 Å². The monoisotopic (exact) mass is 297 g/mol. The summed E-state index contributed by atoms with van der Waals surface area (Å²) in [5.74, 6) is 0. The van der Waals surface area contributed by atoms with Crippen LogP contribution in [0.25, 0.3) is 0 Å². The molecule has 4 heteroatoms. The highest BCUT2D eigenvalue weighted by Gasteiger charge is 2.38. The van der Waals surface area contributed by atoms with Crippen molar-refractivity contribution >= 4 is 0 Å². The largest absolute Gasteiger partial charge is 0.395 e. The van der Waals surface area contributed by atoms with Gasteiger partial charge in [-0.2, -0.15) is 0 Å². The zero-order valence-corrected chi connectivity index (χ0v) is 12.7. The lowest BCUT2D eigenvalue weighted by Gasteiger charge is -2.49. The molecule has 1 aliphatic rings. The van der Waals surface area contributed by atoms with Gasteiger partial charge >= 0.3 is 0 Å². The Morgan fingerprint density at radius 1 is 1.18 bits per heavy atom. The molecule has 0 unspecified atom stereocenters. The van der Waals surface area contributed by atoms with Gasteiger partial charge in [0.25, 0.3) is 0 Å². The van der Waals surface area contributed by atoms with E-state index in [9.17, 15) is 0 Å². The second-order valence-corrected chi connectivity index (χ2v) is 5.78. The van der Waals surface area contributed by atoms with Crippen LogP contribution in [0.2, 0.25) is 0 Å². The number of hydrogen-bond donors (Lipinski definition) is 2. The number of aliphatic hydroxyl groups is 1. The first-order chi connectivity index (χ1) is 10.9. The van der Waals surface area contributed by atoms with Crippen LogP contribution in [0.4, 0.5) is 0 Å². The molecule has 2 heterocycles. The third-order valence-electron chi connectivity index (χ3n) is 4.31. The van der Waals surface area contributed by atoms with Gasteiger partial charge in [0.2, 0.25) is 0 Å². The molecule has 0 saturated carbocycles. The van der Waals surface area contributed by atoms with Crippen molar-refractivity contribution in [1.82, 2.24) is 15.2 Å². The van der Waals surface area contributed by atoms with Crippen LogP contribution in [-0.2, 0) is 6.54 Å². The summed E-state index contributed by atoms with van der Waals surface area (Å²) >= 11 is 0. The Kier molecular flexibility index (Phi) is 5.16. The molecule has 3 rings (SSSR count). The molecule has 116 valence electrons. The number of rotatable bonds is 7. The molecule has 1 aliphatic heterocycles. The summed E-state index contributed by atoms with van der Waals surface area (Å²) in [5.41, 5.74) is 2.63. The summed E-state index contributed by atoms with van der Waals surface area (Å²) in [4.78, 5) is 6.78. The number of aromatic nitrogens is 1.